The quantitative estimate of drug-likeness (QED) is 0.626. The zero-order valence-electron chi connectivity index (χ0n) is 15.7. The molecule has 0 amide bonds. The van der Waals surface area contributed by atoms with Crippen molar-refractivity contribution in [2.45, 2.75) is 13.2 Å². The number of nitriles is 4. The highest BCUT2D eigenvalue weighted by Crippen LogP contribution is 2.19. The van der Waals surface area contributed by atoms with Crippen LogP contribution < -0.4 is 9.47 Å². The van der Waals surface area contributed by atoms with Crippen molar-refractivity contribution in [3.05, 3.63) is 88.2 Å². The van der Waals surface area contributed by atoms with E-state index in [-0.39, 0.29) is 24.3 Å². The first-order valence-electron chi connectivity index (χ1n) is 8.75. The zero-order chi connectivity index (χ0) is 21.3. The molecule has 2 aromatic carbocycles. The summed E-state index contributed by atoms with van der Waals surface area (Å²) < 4.78 is 11.4. The summed E-state index contributed by atoms with van der Waals surface area (Å²) >= 11 is 0. The van der Waals surface area contributed by atoms with E-state index in [2.05, 4.69) is 4.98 Å². The largest absolute Gasteiger partial charge is 0.487 e. The molecule has 7 nitrogen and oxygen atoms in total. The van der Waals surface area contributed by atoms with Gasteiger partial charge < -0.3 is 9.47 Å². The summed E-state index contributed by atoms with van der Waals surface area (Å²) in [5, 5.41) is 36.1. The number of benzene rings is 2. The molecule has 1 heterocycles. The Labute approximate surface area is 173 Å². The first-order chi connectivity index (χ1) is 14.7. The van der Waals surface area contributed by atoms with Gasteiger partial charge in [-0.05, 0) is 48.5 Å². The Morgan fingerprint density at radius 1 is 0.600 bits per heavy atom. The average Bonchev–Trinajstić information content (AvgIpc) is 2.81. The third kappa shape index (κ3) is 4.70. The third-order valence-electron chi connectivity index (χ3n) is 4.10. The van der Waals surface area contributed by atoms with Crippen molar-refractivity contribution < 1.29 is 9.47 Å². The number of ether oxygens (including phenoxy) is 2. The van der Waals surface area contributed by atoms with Crippen LogP contribution in [0.15, 0.2) is 54.6 Å². The predicted octanol–water partition coefficient (Wildman–Crippen LogP) is 3.73. The molecule has 142 valence electrons. The highest BCUT2D eigenvalue weighted by Gasteiger charge is 2.07. The Morgan fingerprint density at radius 2 is 1.03 bits per heavy atom. The molecule has 0 radical (unpaired) electrons. The fourth-order valence-corrected chi connectivity index (χ4v) is 2.61. The minimum Gasteiger partial charge on any atom is -0.487 e. The summed E-state index contributed by atoms with van der Waals surface area (Å²) in [6.45, 7) is 0.361. The first kappa shape index (κ1) is 19.9. The van der Waals surface area contributed by atoms with Crippen LogP contribution in [-0.2, 0) is 13.2 Å². The molecular weight excluding hydrogens is 378 g/mol. The fourth-order valence-electron chi connectivity index (χ4n) is 2.61. The molecule has 0 unspecified atom stereocenters. The lowest BCUT2D eigenvalue weighted by Crippen LogP contribution is -2.04. The van der Waals surface area contributed by atoms with Crippen LogP contribution in [0.1, 0.15) is 33.6 Å². The maximum absolute atomic E-state index is 9.09. The normalized spacial score (nSPS) is 9.47. The lowest BCUT2D eigenvalue weighted by Gasteiger charge is -2.09. The molecule has 0 spiro atoms. The second-order valence-electron chi connectivity index (χ2n) is 6.06. The molecule has 0 N–H and O–H groups in total. The summed E-state index contributed by atoms with van der Waals surface area (Å²) in [6.07, 6.45) is 0. The van der Waals surface area contributed by atoms with Crippen molar-refractivity contribution >= 4 is 0 Å². The van der Waals surface area contributed by atoms with Gasteiger partial charge in [0.25, 0.3) is 0 Å². The van der Waals surface area contributed by atoms with Crippen LogP contribution in [0.3, 0.4) is 0 Å². The van der Waals surface area contributed by atoms with E-state index >= 15 is 0 Å². The second kappa shape index (κ2) is 9.38. The zero-order valence-corrected chi connectivity index (χ0v) is 15.7. The Kier molecular flexibility index (Phi) is 6.22. The maximum Gasteiger partial charge on any atom is 0.130 e. The van der Waals surface area contributed by atoms with Crippen molar-refractivity contribution in [1.82, 2.24) is 4.98 Å². The van der Waals surface area contributed by atoms with Crippen molar-refractivity contribution in [1.29, 1.82) is 21.0 Å². The standard InChI is InChI=1S/C23H13N5O2/c24-10-16-4-6-22(8-18(16)12-26)29-14-20-2-1-3-21(28-20)15-30-23-7-5-17(11-25)19(9-23)13-27/h1-9H,14-15H2. The molecule has 0 aliphatic rings. The molecule has 1 aromatic heterocycles. The highest BCUT2D eigenvalue weighted by atomic mass is 16.5. The van der Waals surface area contributed by atoms with Crippen LogP contribution in [0.2, 0.25) is 0 Å². The van der Waals surface area contributed by atoms with Gasteiger partial charge in [0.2, 0.25) is 0 Å². The molecule has 0 aliphatic heterocycles. The lowest BCUT2D eigenvalue weighted by molar-refractivity contribution is 0.290. The van der Waals surface area contributed by atoms with Crippen molar-refractivity contribution in [3.63, 3.8) is 0 Å². The van der Waals surface area contributed by atoms with E-state index in [0.29, 0.717) is 34.0 Å². The Bertz CT molecular complexity index is 1160. The van der Waals surface area contributed by atoms with Gasteiger partial charge in [0.15, 0.2) is 0 Å². The Morgan fingerprint density at radius 3 is 1.43 bits per heavy atom. The van der Waals surface area contributed by atoms with Gasteiger partial charge in [-0.3, -0.25) is 4.98 Å². The van der Waals surface area contributed by atoms with Gasteiger partial charge in [0.05, 0.1) is 33.6 Å². The molecule has 7 heteroatoms. The molecule has 0 atom stereocenters. The number of aromatic nitrogens is 1. The van der Waals surface area contributed by atoms with Gasteiger partial charge >= 0.3 is 0 Å². The number of hydrogen-bond donors (Lipinski definition) is 0. The SMILES string of the molecule is N#Cc1ccc(OCc2cccc(COc3ccc(C#N)c(C#N)c3)n2)cc1C#N. The number of hydrogen-bond acceptors (Lipinski definition) is 7. The van der Waals surface area contributed by atoms with Gasteiger partial charge in [-0.1, -0.05) is 6.07 Å². The summed E-state index contributed by atoms with van der Waals surface area (Å²) in [5.41, 5.74) is 2.43. The Hall–Kier alpha value is -4.85. The van der Waals surface area contributed by atoms with Gasteiger partial charge in [-0.15, -0.1) is 0 Å². The minimum atomic E-state index is 0.181. The van der Waals surface area contributed by atoms with E-state index < -0.39 is 0 Å². The third-order valence-corrected chi connectivity index (χ3v) is 4.10. The topological polar surface area (TPSA) is 127 Å². The van der Waals surface area contributed by atoms with E-state index in [1.807, 2.05) is 30.3 Å². The summed E-state index contributed by atoms with van der Waals surface area (Å²) in [5.74, 6) is 0.936. The number of pyridine rings is 1. The second-order valence-corrected chi connectivity index (χ2v) is 6.06. The monoisotopic (exact) mass is 391 g/mol. The molecule has 0 bridgehead atoms. The number of nitrogens with zero attached hydrogens (tertiary/aromatic N) is 5. The van der Waals surface area contributed by atoms with E-state index in [1.165, 1.54) is 12.1 Å². The molecule has 3 rings (SSSR count). The molecule has 30 heavy (non-hydrogen) atoms. The maximum atomic E-state index is 9.09. The molecule has 0 fully saturated rings. The van der Waals surface area contributed by atoms with Gasteiger partial charge in [0, 0.05) is 0 Å². The van der Waals surface area contributed by atoms with Crippen LogP contribution in [0.4, 0.5) is 0 Å². The Balaban J connectivity index is 1.64. The van der Waals surface area contributed by atoms with E-state index in [1.54, 1.807) is 36.4 Å². The highest BCUT2D eigenvalue weighted by molar-refractivity contribution is 5.50. The average molecular weight is 391 g/mol. The molecule has 0 saturated carbocycles. The minimum absolute atomic E-state index is 0.181. The van der Waals surface area contributed by atoms with Crippen LogP contribution in [-0.4, -0.2) is 4.98 Å². The van der Waals surface area contributed by atoms with E-state index in [0.717, 1.165) is 0 Å². The van der Waals surface area contributed by atoms with Crippen molar-refractivity contribution in [3.8, 4) is 35.8 Å². The van der Waals surface area contributed by atoms with Crippen LogP contribution >= 0.6 is 0 Å². The smallest absolute Gasteiger partial charge is 0.130 e. The predicted molar refractivity (Wildman–Crippen MR) is 105 cm³/mol. The van der Waals surface area contributed by atoms with Crippen LogP contribution in [0.25, 0.3) is 0 Å². The van der Waals surface area contributed by atoms with Gasteiger partial charge in [-0.2, -0.15) is 21.0 Å². The summed E-state index contributed by atoms with van der Waals surface area (Å²) in [4.78, 5) is 4.47. The lowest BCUT2D eigenvalue weighted by atomic mass is 10.1. The molecule has 0 aliphatic carbocycles. The van der Waals surface area contributed by atoms with Gasteiger partial charge in [0.1, 0.15) is 49.0 Å². The molecule has 3 aromatic rings. The van der Waals surface area contributed by atoms with E-state index in [9.17, 15) is 0 Å². The molecular formula is C23H13N5O2. The van der Waals surface area contributed by atoms with Crippen LogP contribution in [0.5, 0.6) is 11.5 Å². The fraction of sp³-hybridized carbons (Fsp3) is 0.0870. The summed E-state index contributed by atoms with van der Waals surface area (Å²) in [7, 11) is 0. The van der Waals surface area contributed by atoms with Crippen molar-refractivity contribution in [2.75, 3.05) is 0 Å². The first-order valence-corrected chi connectivity index (χ1v) is 8.75. The summed E-state index contributed by atoms with van der Waals surface area (Å²) in [6, 6.07) is 22.6. The molecule has 0 saturated heterocycles. The van der Waals surface area contributed by atoms with Crippen molar-refractivity contribution in [2.24, 2.45) is 0 Å². The van der Waals surface area contributed by atoms with Crippen LogP contribution in [0, 0.1) is 45.3 Å². The van der Waals surface area contributed by atoms with Gasteiger partial charge in [-0.25, -0.2) is 0 Å². The van der Waals surface area contributed by atoms with E-state index in [4.69, 9.17) is 30.5 Å². The number of rotatable bonds is 6.